The molecule has 3 rings (SSSR count). The van der Waals surface area contributed by atoms with E-state index in [-0.39, 0.29) is 5.91 Å². The third-order valence-corrected chi connectivity index (χ3v) is 3.43. The minimum Gasteiger partial charge on any atom is -0.497 e. The number of pyridine rings is 1. The number of rotatable bonds is 4. The van der Waals surface area contributed by atoms with Crippen LogP contribution in [0.2, 0.25) is 0 Å². The summed E-state index contributed by atoms with van der Waals surface area (Å²) in [7, 11) is 1.59. The van der Waals surface area contributed by atoms with Crippen LogP contribution in [0.3, 0.4) is 0 Å². The lowest BCUT2D eigenvalue weighted by Gasteiger charge is -2.08. The van der Waals surface area contributed by atoms with Crippen LogP contribution >= 0.6 is 0 Å². The number of nitrogens with zero attached hydrogens (tertiary/aromatic N) is 3. The number of aromatic nitrogens is 3. The molecule has 0 radical (unpaired) electrons. The standard InChI is InChI=1S/C17H16N4O2/c1-12-18-9-10-21(12)16-8-5-14(11-19-16)20-17(22)13-3-6-15(23-2)7-4-13/h3-11H,1-2H3,(H,20,22). The molecule has 6 nitrogen and oxygen atoms in total. The highest BCUT2D eigenvalue weighted by atomic mass is 16.5. The second kappa shape index (κ2) is 6.31. The van der Waals surface area contributed by atoms with Gasteiger partial charge in [-0.3, -0.25) is 9.36 Å². The molecule has 0 aliphatic carbocycles. The molecular weight excluding hydrogens is 292 g/mol. The molecule has 0 spiro atoms. The Labute approximate surface area is 133 Å². The normalized spacial score (nSPS) is 10.3. The molecule has 0 aliphatic heterocycles. The van der Waals surface area contributed by atoms with Gasteiger partial charge in [0.1, 0.15) is 17.4 Å². The Balaban J connectivity index is 1.72. The topological polar surface area (TPSA) is 69.0 Å². The molecular formula is C17H16N4O2. The molecule has 1 aromatic carbocycles. The second-order valence-corrected chi connectivity index (χ2v) is 4.93. The van der Waals surface area contributed by atoms with Gasteiger partial charge >= 0.3 is 0 Å². The Bertz CT molecular complexity index is 807. The van der Waals surface area contributed by atoms with Gasteiger partial charge in [0.2, 0.25) is 0 Å². The molecule has 0 atom stereocenters. The number of benzene rings is 1. The molecule has 0 saturated carbocycles. The number of hydrogen-bond donors (Lipinski definition) is 1. The average molecular weight is 308 g/mol. The van der Waals surface area contributed by atoms with Gasteiger partial charge in [0.15, 0.2) is 0 Å². The second-order valence-electron chi connectivity index (χ2n) is 4.93. The zero-order valence-electron chi connectivity index (χ0n) is 12.9. The molecule has 1 N–H and O–H groups in total. The van der Waals surface area contributed by atoms with E-state index in [0.717, 1.165) is 11.6 Å². The van der Waals surface area contributed by atoms with Gasteiger partial charge in [-0.25, -0.2) is 9.97 Å². The van der Waals surface area contributed by atoms with Crippen molar-refractivity contribution in [1.82, 2.24) is 14.5 Å². The fourth-order valence-corrected chi connectivity index (χ4v) is 2.17. The molecule has 6 heteroatoms. The summed E-state index contributed by atoms with van der Waals surface area (Å²) in [5, 5.41) is 2.82. The number of aryl methyl sites for hydroxylation is 1. The van der Waals surface area contributed by atoms with E-state index >= 15 is 0 Å². The summed E-state index contributed by atoms with van der Waals surface area (Å²) in [5.41, 5.74) is 1.19. The summed E-state index contributed by atoms with van der Waals surface area (Å²) in [6.07, 6.45) is 5.18. The van der Waals surface area contributed by atoms with Crippen LogP contribution in [0, 0.1) is 6.92 Å². The maximum atomic E-state index is 12.2. The van der Waals surface area contributed by atoms with Crippen LogP contribution in [0.5, 0.6) is 5.75 Å². The number of carbonyl (C=O) groups excluding carboxylic acids is 1. The van der Waals surface area contributed by atoms with E-state index in [1.54, 1.807) is 43.8 Å². The fourth-order valence-electron chi connectivity index (χ4n) is 2.17. The van der Waals surface area contributed by atoms with Crippen LogP contribution in [0.4, 0.5) is 5.69 Å². The predicted octanol–water partition coefficient (Wildman–Crippen LogP) is 2.84. The zero-order valence-corrected chi connectivity index (χ0v) is 12.9. The summed E-state index contributed by atoms with van der Waals surface area (Å²) in [6, 6.07) is 10.6. The van der Waals surface area contributed by atoms with Crippen molar-refractivity contribution in [3.8, 4) is 11.6 Å². The van der Waals surface area contributed by atoms with E-state index in [0.29, 0.717) is 17.0 Å². The first-order valence-corrected chi connectivity index (χ1v) is 7.09. The highest BCUT2D eigenvalue weighted by Crippen LogP contribution is 2.15. The maximum Gasteiger partial charge on any atom is 0.255 e. The Morgan fingerprint density at radius 2 is 1.91 bits per heavy atom. The maximum absolute atomic E-state index is 12.2. The van der Waals surface area contributed by atoms with Gasteiger partial charge in [0, 0.05) is 18.0 Å². The smallest absolute Gasteiger partial charge is 0.255 e. The molecule has 23 heavy (non-hydrogen) atoms. The van der Waals surface area contributed by atoms with Gasteiger partial charge in [-0.1, -0.05) is 0 Å². The molecule has 0 unspecified atom stereocenters. The van der Waals surface area contributed by atoms with E-state index in [4.69, 9.17) is 4.74 Å². The molecule has 0 bridgehead atoms. The Kier molecular flexibility index (Phi) is 4.05. The van der Waals surface area contributed by atoms with Crippen molar-refractivity contribution in [3.63, 3.8) is 0 Å². The van der Waals surface area contributed by atoms with E-state index < -0.39 is 0 Å². The largest absolute Gasteiger partial charge is 0.497 e. The summed E-state index contributed by atoms with van der Waals surface area (Å²) >= 11 is 0. The monoisotopic (exact) mass is 308 g/mol. The highest BCUT2D eigenvalue weighted by molar-refractivity contribution is 6.04. The van der Waals surface area contributed by atoms with Crippen molar-refractivity contribution in [3.05, 3.63) is 66.4 Å². The van der Waals surface area contributed by atoms with Crippen LogP contribution in [0.15, 0.2) is 55.0 Å². The number of carbonyl (C=O) groups is 1. The quantitative estimate of drug-likeness (QED) is 0.804. The van der Waals surface area contributed by atoms with E-state index in [1.807, 2.05) is 29.8 Å². The van der Waals surface area contributed by atoms with Crippen LogP contribution < -0.4 is 10.1 Å². The van der Waals surface area contributed by atoms with Crippen molar-refractivity contribution in [1.29, 1.82) is 0 Å². The van der Waals surface area contributed by atoms with Crippen LogP contribution in [-0.4, -0.2) is 27.6 Å². The minimum absolute atomic E-state index is 0.194. The summed E-state index contributed by atoms with van der Waals surface area (Å²) < 4.78 is 6.95. The summed E-state index contributed by atoms with van der Waals surface area (Å²) in [6.45, 7) is 1.90. The van der Waals surface area contributed by atoms with Gasteiger partial charge in [0.25, 0.3) is 5.91 Å². The van der Waals surface area contributed by atoms with Crippen LogP contribution in [0.1, 0.15) is 16.2 Å². The number of methoxy groups -OCH3 is 1. The van der Waals surface area contributed by atoms with Crippen LogP contribution in [0.25, 0.3) is 5.82 Å². The first-order chi connectivity index (χ1) is 11.2. The van der Waals surface area contributed by atoms with Gasteiger partial charge < -0.3 is 10.1 Å². The molecule has 0 fully saturated rings. The molecule has 3 aromatic rings. The Hall–Kier alpha value is -3.15. The molecule has 1 amide bonds. The van der Waals surface area contributed by atoms with Gasteiger partial charge in [-0.15, -0.1) is 0 Å². The molecule has 2 aromatic heterocycles. The minimum atomic E-state index is -0.194. The number of nitrogens with one attached hydrogen (secondary N) is 1. The molecule has 0 aliphatic rings. The van der Waals surface area contributed by atoms with Crippen molar-refractivity contribution in [2.45, 2.75) is 6.92 Å². The van der Waals surface area contributed by atoms with Gasteiger partial charge in [-0.05, 0) is 43.3 Å². The summed E-state index contributed by atoms with van der Waals surface area (Å²) in [5.74, 6) is 2.12. The average Bonchev–Trinajstić information content (AvgIpc) is 3.01. The zero-order chi connectivity index (χ0) is 16.2. The van der Waals surface area contributed by atoms with Crippen LogP contribution in [-0.2, 0) is 0 Å². The SMILES string of the molecule is COc1ccc(C(=O)Nc2ccc(-n3ccnc3C)nc2)cc1. The number of anilines is 1. The van der Waals surface area contributed by atoms with Crippen molar-refractivity contribution in [2.24, 2.45) is 0 Å². The number of amides is 1. The molecule has 116 valence electrons. The fraction of sp³-hybridized carbons (Fsp3) is 0.118. The molecule has 2 heterocycles. The lowest BCUT2D eigenvalue weighted by Crippen LogP contribution is -2.12. The lowest BCUT2D eigenvalue weighted by atomic mass is 10.2. The van der Waals surface area contributed by atoms with Gasteiger partial charge in [0.05, 0.1) is 19.0 Å². The first kappa shape index (κ1) is 14.8. The first-order valence-electron chi connectivity index (χ1n) is 7.09. The number of imidazole rings is 1. The van der Waals surface area contributed by atoms with E-state index in [9.17, 15) is 4.79 Å². The Morgan fingerprint density at radius 1 is 1.13 bits per heavy atom. The van der Waals surface area contributed by atoms with Gasteiger partial charge in [-0.2, -0.15) is 0 Å². The highest BCUT2D eigenvalue weighted by Gasteiger charge is 2.07. The third kappa shape index (κ3) is 3.21. The van der Waals surface area contributed by atoms with Crippen molar-refractivity contribution >= 4 is 11.6 Å². The molecule has 0 saturated heterocycles. The number of hydrogen-bond acceptors (Lipinski definition) is 4. The van der Waals surface area contributed by atoms with E-state index in [1.165, 1.54) is 0 Å². The van der Waals surface area contributed by atoms with E-state index in [2.05, 4.69) is 15.3 Å². The lowest BCUT2D eigenvalue weighted by molar-refractivity contribution is 0.102. The summed E-state index contributed by atoms with van der Waals surface area (Å²) in [4.78, 5) is 20.7. The number of ether oxygens (including phenoxy) is 1. The van der Waals surface area contributed by atoms with Crippen molar-refractivity contribution in [2.75, 3.05) is 12.4 Å². The third-order valence-electron chi connectivity index (χ3n) is 3.43. The predicted molar refractivity (Wildman–Crippen MR) is 87.0 cm³/mol. The Morgan fingerprint density at radius 3 is 2.48 bits per heavy atom. The van der Waals surface area contributed by atoms with Crippen molar-refractivity contribution < 1.29 is 9.53 Å².